The van der Waals surface area contributed by atoms with E-state index in [1.807, 2.05) is 36.4 Å². The van der Waals surface area contributed by atoms with E-state index in [1.54, 1.807) is 49.6 Å². The second kappa shape index (κ2) is 9.94. The average molecular weight is 466 g/mol. The van der Waals surface area contributed by atoms with Gasteiger partial charge in [0, 0.05) is 5.02 Å². The summed E-state index contributed by atoms with van der Waals surface area (Å²) >= 11 is 6.83. The Morgan fingerprint density at radius 2 is 1.69 bits per heavy atom. The predicted octanol–water partition coefficient (Wildman–Crippen LogP) is 6.16. The molecule has 2 amide bonds. The number of thioether (sulfide) groups is 1. The lowest BCUT2D eigenvalue weighted by Crippen LogP contribution is -2.27. The number of nitrogens with zero attached hydrogens (tertiary/aromatic N) is 1. The van der Waals surface area contributed by atoms with Crippen LogP contribution in [0.3, 0.4) is 0 Å². The van der Waals surface area contributed by atoms with Gasteiger partial charge in [0.05, 0.1) is 18.6 Å². The Labute approximate surface area is 195 Å². The van der Waals surface area contributed by atoms with Gasteiger partial charge in [-0.2, -0.15) is 0 Å². The molecule has 1 fully saturated rings. The van der Waals surface area contributed by atoms with E-state index < -0.39 is 0 Å². The molecular formula is C25H20ClNO4S. The van der Waals surface area contributed by atoms with Crippen LogP contribution in [0.4, 0.5) is 4.79 Å². The summed E-state index contributed by atoms with van der Waals surface area (Å²) in [6.07, 6.45) is 1.69. The standard InChI is InChI=1S/C25H20ClNO4S/c1-30-22-13-19(9-12-21(22)31-16-18-5-3-2-4-6-18)14-23-24(28)27(25(29)32-23)15-17-7-10-20(26)11-8-17/h2-14H,15-16H2,1H3/b23-14-. The number of carbonyl (C=O) groups is 2. The molecule has 0 aromatic heterocycles. The number of benzene rings is 3. The summed E-state index contributed by atoms with van der Waals surface area (Å²) in [6.45, 7) is 0.620. The molecule has 162 valence electrons. The first-order chi connectivity index (χ1) is 15.5. The Bertz CT molecular complexity index is 1160. The normalized spacial score (nSPS) is 14.8. The van der Waals surface area contributed by atoms with Gasteiger partial charge in [-0.25, -0.2) is 0 Å². The van der Waals surface area contributed by atoms with Crippen molar-refractivity contribution < 1.29 is 19.1 Å². The fourth-order valence-corrected chi connectivity index (χ4v) is 4.15. The summed E-state index contributed by atoms with van der Waals surface area (Å²) in [7, 11) is 1.56. The highest BCUT2D eigenvalue weighted by Gasteiger charge is 2.35. The fraction of sp³-hybridized carbons (Fsp3) is 0.120. The molecule has 0 atom stereocenters. The molecular weight excluding hydrogens is 446 g/mol. The molecule has 0 unspecified atom stereocenters. The second-order valence-electron chi connectivity index (χ2n) is 7.08. The number of carbonyl (C=O) groups excluding carboxylic acids is 2. The zero-order valence-corrected chi connectivity index (χ0v) is 18.9. The largest absolute Gasteiger partial charge is 0.493 e. The number of methoxy groups -OCH3 is 1. The quantitative estimate of drug-likeness (QED) is 0.391. The molecule has 5 nitrogen and oxygen atoms in total. The summed E-state index contributed by atoms with van der Waals surface area (Å²) in [5.74, 6) is 0.831. The first-order valence-corrected chi connectivity index (χ1v) is 11.1. The first-order valence-electron chi connectivity index (χ1n) is 9.88. The van der Waals surface area contributed by atoms with Crippen LogP contribution < -0.4 is 9.47 Å². The molecule has 1 aliphatic heterocycles. The summed E-state index contributed by atoms with van der Waals surface area (Å²) in [5.41, 5.74) is 2.62. The number of ether oxygens (including phenoxy) is 2. The van der Waals surface area contributed by atoms with Gasteiger partial charge in [-0.1, -0.05) is 60.1 Å². The number of hydrogen-bond donors (Lipinski definition) is 0. The van der Waals surface area contributed by atoms with Gasteiger partial charge in [-0.3, -0.25) is 14.5 Å². The third-order valence-corrected chi connectivity index (χ3v) is 6.01. The highest BCUT2D eigenvalue weighted by atomic mass is 35.5. The van der Waals surface area contributed by atoms with Gasteiger partial charge in [-0.15, -0.1) is 0 Å². The average Bonchev–Trinajstić information content (AvgIpc) is 3.07. The Morgan fingerprint density at radius 1 is 0.938 bits per heavy atom. The lowest BCUT2D eigenvalue weighted by Gasteiger charge is -2.12. The van der Waals surface area contributed by atoms with Gasteiger partial charge < -0.3 is 9.47 Å². The summed E-state index contributed by atoms with van der Waals surface area (Å²) < 4.78 is 11.3. The van der Waals surface area contributed by atoms with Crippen LogP contribution in [0.25, 0.3) is 6.08 Å². The van der Waals surface area contributed by atoms with Crippen molar-refractivity contribution in [2.75, 3.05) is 7.11 Å². The van der Waals surface area contributed by atoms with E-state index in [-0.39, 0.29) is 17.7 Å². The van der Waals surface area contributed by atoms with Crippen molar-refractivity contribution in [3.8, 4) is 11.5 Å². The van der Waals surface area contributed by atoms with Crippen molar-refractivity contribution in [1.82, 2.24) is 4.90 Å². The van der Waals surface area contributed by atoms with Crippen LogP contribution in [0.15, 0.2) is 77.7 Å². The minimum absolute atomic E-state index is 0.203. The molecule has 1 heterocycles. The predicted molar refractivity (Wildman–Crippen MR) is 127 cm³/mol. The van der Waals surface area contributed by atoms with Crippen LogP contribution >= 0.6 is 23.4 Å². The maximum atomic E-state index is 12.8. The van der Waals surface area contributed by atoms with E-state index in [1.165, 1.54) is 4.90 Å². The molecule has 32 heavy (non-hydrogen) atoms. The van der Waals surface area contributed by atoms with Crippen molar-refractivity contribution in [3.05, 3.63) is 99.4 Å². The second-order valence-corrected chi connectivity index (χ2v) is 8.51. The molecule has 3 aromatic carbocycles. The van der Waals surface area contributed by atoms with Crippen molar-refractivity contribution in [2.24, 2.45) is 0 Å². The van der Waals surface area contributed by atoms with E-state index in [9.17, 15) is 9.59 Å². The lowest BCUT2D eigenvalue weighted by atomic mass is 10.1. The summed E-state index contributed by atoms with van der Waals surface area (Å²) in [6, 6.07) is 22.3. The van der Waals surface area contributed by atoms with Crippen LogP contribution in [0.1, 0.15) is 16.7 Å². The Hall–Kier alpha value is -3.22. The highest BCUT2D eigenvalue weighted by Crippen LogP contribution is 2.35. The third-order valence-electron chi connectivity index (χ3n) is 4.85. The molecule has 7 heteroatoms. The lowest BCUT2D eigenvalue weighted by molar-refractivity contribution is -0.123. The van der Waals surface area contributed by atoms with Gasteiger partial charge >= 0.3 is 0 Å². The summed E-state index contributed by atoms with van der Waals surface area (Å²) in [4.78, 5) is 26.8. The molecule has 1 aliphatic rings. The van der Waals surface area contributed by atoms with E-state index in [4.69, 9.17) is 21.1 Å². The molecule has 0 saturated carbocycles. The number of amides is 2. The van der Waals surface area contributed by atoms with Crippen molar-refractivity contribution in [3.63, 3.8) is 0 Å². The van der Waals surface area contributed by atoms with E-state index in [0.29, 0.717) is 28.0 Å². The molecule has 3 aromatic rings. The fourth-order valence-electron chi connectivity index (χ4n) is 3.19. The molecule has 4 rings (SSSR count). The van der Waals surface area contributed by atoms with Crippen molar-refractivity contribution in [1.29, 1.82) is 0 Å². The number of rotatable bonds is 7. The zero-order valence-electron chi connectivity index (χ0n) is 17.3. The van der Waals surface area contributed by atoms with Gasteiger partial charge in [0.25, 0.3) is 11.1 Å². The molecule has 1 saturated heterocycles. The van der Waals surface area contributed by atoms with Gasteiger partial charge in [0.1, 0.15) is 6.61 Å². The van der Waals surface area contributed by atoms with E-state index in [2.05, 4.69) is 0 Å². The maximum Gasteiger partial charge on any atom is 0.293 e. The Morgan fingerprint density at radius 3 is 2.41 bits per heavy atom. The van der Waals surface area contributed by atoms with Crippen LogP contribution in [0.2, 0.25) is 5.02 Å². The minimum atomic E-state index is -0.321. The molecule has 0 radical (unpaired) electrons. The molecule has 0 N–H and O–H groups in total. The molecule has 0 spiro atoms. The minimum Gasteiger partial charge on any atom is -0.493 e. The van der Waals surface area contributed by atoms with Gasteiger partial charge in [0.15, 0.2) is 11.5 Å². The Kier molecular flexibility index (Phi) is 6.83. The zero-order chi connectivity index (χ0) is 22.5. The molecule has 0 bridgehead atoms. The number of imide groups is 1. The van der Waals surface area contributed by atoms with E-state index >= 15 is 0 Å². The van der Waals surface area contributed by atoms with Gasteiger partial charge in [0.2, 0.25) is 0 Å². The van der Waals surface area contributed by atoms with Crippen LogP contribution in [-0.4, -0.2) is 23.2 Å². The maximum absolute atomic E-state index is 12.8. The number of halogens is 1. The molecule has 0 aliphatic carbocycles. The highest BCUT2D eigenvalue weighted by molar-refractivity contribution is 8.18. The first kappa shape index (κ1) is 22.0. The van der Waals surface area contributed by atoms with Gasteiger partial charge in [-0.05, 0) is 58.8 Å². The SMILES string of the molecule is COc1cc(/C=C2\SC(=O)N(Cc3ccc(Cl)cc3)C2=O)ccc1OCc1ccccc1. The van der Waals surface area contributed by atoms with Crippen LogP contribution in [0.5, 0.6) is 11.5 Å². The number of hydrogen-bond acceptors (Lipinski definition) is 5. The van der Waals surface area contributed by atoms with Crippen LogP contribution in [-0.2, 0) is 17.9 Å². The smallest absolute Gasteiger partial charge is 0.293 e. The Balaban J connectivity index is 1.48. The summed E-state index contributed by atoms with van der Waals surface area (Å²) in [5, 5.41) is 0.305. The van der Waals surface area contributed by atoms with E-state index in [0.717, 1.165) is 28.5 Å². The van der Waals surface area contributed by atoms with Crippen LogP contribution in [0, 0.1) is 0 Å². The topological polar surface area (TPSA) is 55.8 Å². The third kappa shape index (κ3) is 5.15. The van der Waals surface area contributed by atoms with Crippen molar-refractivity contribution >= 4 is 40.6 Å². The van der Waals surface area contributed by atoms with Crippen molar-refractivity contribution in [2.45, 2.75) is 13.2 Å². The monoisotopic (exact) mass is 465 g/mol.